The predicted octanol–water partition coefficient (Wildman–Crippen LogP) is 0.270. The molecule has 5 heteroatoms. The Morgan fingerprint density at radius 2 is 2.21 bits per heavy atom. The number of aldehydes is 1. The average molecular weight is 202 g/mol. The van der Waals surface area contributed by atoms with Gasteiger partial charge in [-0.05, 0) is 0 Å². The number of esters is 1. The zero-order chi connectivity index (χ0) is 10.4. The summed E-state index contributed by atoms with van der Waals surface area (Å²) in [5.74, 6) is -0.304. The Kier molecular flexibility index (Phi) is 4.55. The van der Waals surface area contributed by atoms with E-state index in [0.29, 0.717) is 12.8 Å². The van der Waals surface area contributed by atoms with Gasteiger partial charge < -0.3 is 19.0 Å². The molecule has 0 amide bonds. The zero-order valence-corrected chi connectivity index (χ0v) is 8.10. The lowest BCUT2D eigenvalue weighted by molar-refractivity contribution is -0.183. The molecule has 0 saturated carbocycles. The van der Waals surface area contributed by atoms with E-state index in [0.717, 1.165) is 6.29 Å². The van der Waals surface area contributed by atoms with Gasteiger partial charge in [0.1, 0.15) is 13.1 Å². The van der Waals surface area contributed by atoms with Gasteiger partial charge >= 0.3 is 5.97 Å². The molecule has 0 N–H and O–H groups in total. The first kappa shape index (κ1) is 11.1. The number of carbonyl (C=O) groups is 2. The van der Waals surface area contributed by atoms with Crippen LogP contribution < -0.4 is 0 Å². The highest BCUT2D eigenvalue weighted by molar-refractivity contribution is 5.69. The SMILES string of the molecule is COC(=O)CC1CC(CC=O)OCO1. The monoisotopic (exact) mass is 202 g/mol. The highest BCUT2D eigenvalue weighted by Gasteiger charge is 2.25. The first-order valence-corrected chi connectivity index (χ1v) is 4.50. The maximum atomic E-state index is 10.9. The summed E-state index contributed by atoms with van der Waals surface area (Å²) in [6, 6.07) is 0. The molecule has 5 nitrogen and oxygen atoms in total. The molecule has 1 aliphatic rings. The second-order valence-corrected chi connectivity index (χ2v) is 3.11. The van der Waals surface area contributed by atoms with Crippen molar-refractivity contribution in [3.8, 4) is 0 Å². The number of hydrogen-bond donors (Lipinski definition) is 0. The van der Waals surface area contributed by atoms with Gasteiger partial charge in [0.05, 0.1) is 25.7 Å². The molecule has 80 valence electrons. The molecule has 0 bridgehead atoms. The minimum absolute atomic E-state index is 0.129. The van der Waals surface area contributed by atoms with Crippen molar-refractivity contribution in [1.29, 1.82) is 0 Å². The standard InChI is InChI=1S/C9H14O5/c1-12-9(11)5-8-4-7(2-3-10)13-6-14-8/h3,7-8H,2,4-6H2,1H3. The van der Waals surface area contributed by atoms with Gasteiger partial charge in [-0.1, -0.05) is 0 Å². The lowest BCUT2D eigenvalue weighted by Crippen LogP contribution is -2.33. The van der Waals surface area contributed by atoms with Crippen molar-refractivity contribution < 1.29 is 23.8 Å². The number of carbonyl (C=O) groups excluding carboxylic acids is 2. The predicted molar refractivity (Wildman–Crippen MR) is 46.5 cm³/mol. The molecule has 0 aliphatic carbocycles. The van der Waals surface area contributed by atoms with Gasteiger partial charge in [-0.15, -0.1) is 0 Å². The Labute approximate surface area is 82.3 Å². The molecule has 14 heavy (non-hydrogen) atoms. The molecular weight excluding hydrogens is 188 g/mol. The first-order chi connectivity index (χ1) is 6.76. The minimum Gasteiger partial charge on any atom is -0.469 e. The van der Waals surface area contributed by atoms with Crippen LogP contribution in [0.25, 0.3) is 0 Å². The van der Waals surface area contributed by atoms with E-state index >= 15 is 0 Å². The third kappa shape index (κ3) is 3.43. The minimum atomic E-state index is -0.304. The van der Waals surface area contributed by atoms with Crippen molar-refractivity contribution in [2.24, 2.45) is 0 Å². The molecule has 2 unspecified atom stereocenters. The fourth-order valence-corrected chi connectivity index (χ4v) is 1.34. The van der Waals surface area contributed by atoms with Crippen LogP contribution in [0.4, 0.5) is 0 Å². The highest BCUT2D eigenvalue weighted by Crippen LogP contribution is 2.18. The van der Waals surface area contributed by atoms with E-state index in [1.54, 1.807) is 0 Å². The van der Waals surface area contributed by atoms with Gasteiger partial charge in [-0.25, -0.2) is 0 Å². The van der Waals surface area contributed by atoms with Crippen molar-refractivity contribution in [1.82, 2.24) is 0 Å². The highest BCUT2D eigenvalue weighted by atomic mass is 16.7. The van der Waals surface area contributed by atoms with E-state index in [-0.39, 0.29) is 31.4 Å². The second-order valence-electron chi connectivity index (χ2n) is 3.11. The fourth-order valence-electron chi connectivity index (χ4n) is 1.34. The van der Waals surface area contributed by atoms with Crippen molar-refractivity contribution >= 4 is 12.3 Å². The van der Waals surface area contributed by atoms with E-state index in [1.807, 2.05) is 0 Å². The molecule has 0 aromatic carbocycles. The van der Waals surface area contributed by atoms with Crippen molar-refractivity contribution in [3.63, 3.8) is 0 Å². The second kappa shape index (κ2) is 5.72. The van der Waals surface area contributed by atoms with Crippen LogP contribution in [0, 0.1) is 0 Å². The van der Waals surface area contributed by atoms with Crippen LogP contribution in [0.1, 0.15) is 19.3 Å². The summed E-state index contributed by atoms with van der Waals surface area (Å²) in [6.45, 7) is 0.139. The van der Waals surface area contributed by atoms with E-state index in [1.165, 1.54) is 7.11 Å². The molecule has 0 aromatic rings. The van der Waals surface area contributed by atoms with Crippen LogP contribution in [-0.2, 0) is 23.8 Å². The maximum Gasteiger partial charge on any atom is 0.308 e. The van der Waals surface area contributed by atoms with Crippen molar-refractivity contribution in [2.75, 3.05) is 13.9 Å². The summed E-state index contributed by atoms with van der Waals surface area (Å²) in [5.41, 5.74) is 0. The summed E-state index contributed by atoms with van der Waals surface area (Å²) >= 11 is 0. The Hall–Kier alpha value is -0.940. The molecule has 0 spiro atoms. The van der Waals surface area contributed by atoms with Gasteiger partial charge in [-0.2, -0.15) is 0 Å². The Morgan fingerprint density at radius 1 is 1.50 bits per heavy atom. The van der Waals surface area contributed by atoms with Crippen LogP contribution in [-0.4, -0.2) is 38.4 Å². The Balaban J connectivity index is 2.32. The van der Waals surface area contributed by atoms with Crippen LogP contribution in [0.5, 0.6) is 0 Å². The molecule has 2 atom stereocenters. The molecule has 0 radical (unpaired) electrons. The fraction of sp³-hybridized carbons (Fsp3) is 0.778. The largest absolute Gasteiger partial charge is 0.469 e. The quantitative estimate of drug-likeness (QED) is 0.483. The van der Waals surface area contributed by atoms with Crippen LogP contribution in [0.3, 0.4) is 0 Å². The van der Waals surface area contributed by atoms with Gasteiger partial charge in [-0.3, -0.25) is 4.79 Å². The van der Waals surface area contributed by atoms with Gasteiger partial charge in [0.15, 0.2) is 0 Å². The first-order valence-electron chi connectivity index (χ1n) is 4.50. The molecule has 1 rings (SSSR count). The summed E-state index contributed by atoms with van der Waals surface area (Å²) in [5, 5.41) is 0. The molecule has 1 aliphatic heterocycles. The van der Waals surface area contributed by atoms with E-state index in [9.17, 15) is 9.59 Å². The van der Waals surface area contributed by atoms with Crippen LogP contribution >= 0.6 is 0 Å². The summed E-state index contributed by atoms with van der Waals surface area (Å²) in [6.07, 6.45) is 1.62. The van der Waals surface area contributed by atoms with Gasteiger partial charge in [0.25, 0.3) is 0 Å². The van der Waals surface area contributed by atoms with Crippen molar-refractivity contribution in [3.05, 3.63) is 0 Å². The van der Waals surface area contributed by atoms with E-state index in [4.69, 9.17) is 9.47 Å². The Bertz CT molecular complexity index is 203. The topological polar surface area (TPSA) is 61.8 Å². The third-order valence-corrected chi connectivity index (χ3v) is 2.11. The maximum absolute atomic E-state index is 10.9. The Morgan fingerprint density at radius 3 is 2.86 bits per heavy atom. The number of methoxy groups -OCH3 is 1. The van der Waals surface area contributed by atoms with E-state index < -0.39 is 0 Å². The molecule has 1 heterocycles. The smallest absolute Gasteiger partial charge is 0.308 e. The zero-order valence-electron chi connectivity index (χ0n) is 8.10. The van der Waals surface area contributed by atoms with Crippen LogP contribution in [0.15, 0.2) is 0 Å². The van der Waals surface area contributed by atoms with Gasteiger partial charge in [0.2, 0.25) is 0 Å². The summed E-state index contributed by atoms with van der Waals surface area (Å²) < 4.78 is 14.9. The molecular formula is C9H14O5. The summed E-state index contributed by atoms with van der Waals surface area (Å²) in [4.78, 5) is 21.2. The average Bonchev–Trinajstić information content (AvgIpc) is 2.19. The number of rotatable bonds is 4. The molecule has 0 aromatic heterocycles. The molecule has 1 saturated heterocycles. The number of ether oxygens (including phenoxy) is 3. The van der Waals surface area contributed by atoms with Crippen LogP contribution in [0.2, 0.25) is 0 Å². The normalized spacial score (nSPS) is 26.9. The molecule has 1 fully saturated rings. The van der Waals surface area contributed by atoms with E-state index in [2.05, 4.69) is 4.74 Å². The van der Waals surface area contributed by atoms with Gasteiger partial charge in [0, 0.05) is 12.8 Å². The lowest BCUT2D eigenvalue weighted by atomic mass is 10.1. The van der Waals surface area contributed by atoms with Crippen molar-refractivity contribution in [2.45, 2.75) is 31.5 Å². The third-order valence-electron chi connectivity index (χ3n) is 2.11. The summed E-state index contributed by atoms with van der Waals surface area (Å²) in [7, 11) is 1.34. The lowest BCUT2D eigenvalue weighted by Gasteiger charge is -2.28. The number of hydrogen-bond acceptors (Lipinski definition) is 5.